The smallest absolute Gasteiger partial charge is 0.0643 e. The summed E-state index contributed by atoms with van der Waals surface area (Å²) < 4.78 is 0. The molecule has 2 N–H and O–H groups in total. The zero-order chi connectivity index (χ0) is 14.7. The monoisotopic (exact) mass is 308 g/mol. The number of hydrogen-bond acceptors (Lipinski definition) is 3. The molecule has 4 heteroatoms. The molecular formula is C16H21ClN2S. The molecule has 0 saturated heterocycles. The van der Waals surface area contributed by atoms with Crippen LogP contribution in [0.25, 0.3) is 0 Å². The van der Waals surface area contributed by atoms with Gasteiger partial charge in [0.25, 0.3) is 0 Å². The maximum Gasteiger partial charge on any atom is 0.0643 e. The summed E-state index contributed by atoms with van der Waals surface area (Å²) in [5.41, 5.74) is 8.04. The van der Waals surface area contributed by atoms with Gasteiger partial charge in [0.05, 0.1) is 17.3 Å². The van der Waals surface area contributed by atoms with Crippen molar-refractivity contribution >= 4 is 28.6 Å². The number of thiophene rings is 1. The fourth-order valence-electron chi connectivity index (χ4n) is 2.16. The molecule has 0 bridgehead atoms. The summed E-state index contributed by atoms with van der Waals surface area (Å²) >= 11 is 8.23. The van der Waals surface area contributed by atoms with E-state index in [9.17, 15) is 0 Å². The molecule has 1 atom stereocenters. The molecule has 2 aromatic rings. The average molecular weight is 309 g/mol. The van der Waals surface area contributed by atoms with Crippen LogP contribution in [0.3, 0.4) is 0 Å². The first-order chi connectivity index (χ1) is 9.49. The van der Waals surface area contributed by atoms with Gasteiger partial charge in [0.1, 0.15) is 0 Å². The summed E-state index contributed by atoms with van der Waals surface area (Å²) in [6.45, 7) is 7.22. The summed E-state index contributed by atoms with van der Waals surface area (Å²) in [5, 5.41) is 2.87. The second-order valence-electron chi connectivity index (χ2n) is 5.30. The van der Waals surface area contributed by atoms with Gasteiger partial charge in [0, 0.05) is 17.0 Å². The first-order valence-electron chi connectivity index (χ1n) is 6.83. The number of benzene rings is 1. The molecule has 0 amide bonds. The lowest BCUT2D eigenvalue weighted by molar-refractivity contribution is 0.687. The summed E-state index contributed by atoms with van der Waals surface area (Å²) in [6, 6.07) is 10.8. The Kier molecular flexibility index (Phi) is 5.08. The molecule has 0 spiro atoms. The summed E-state index contributed by atoms with van der Waals surface area (Å²) in [6.07, 6.45) is 0. The third-order valence-corrected chi connectivity index (χ3v) is 4.50. The number of nitrogens with two attached hydrogens (primary N) is 1. The quantitative estimate of drug-likeness (QED) is 0.856. The molecule has 0 aliphatic heterocycles. The largest absolute Gasteiger partial charge is 0.363 e. The van der Waals surface area contributed by atoms with Gasteiger partial charge in [-0.2, -0.15) is 0 Å². The van der Waals surface area contributed by atoms with Crippen LogP contribution in [0.1, 0.15) is 37.3 Å². The highest BCUT2D eigenvalue weighted by molar-refractivity contribution is 7.09. The second kappa shape index (κ2) is 6.61. The van der Waals surface area contributed by atoms with E-state index in [0.29, 0.717) is 6.04 Å². The fraction of sp³-hybridized carbons (Fsp3) is 0.375. The third kappa shape index (κ3) is 3.54. The van der Waals surface area contributed by atoms with Gasteiger partial charge in [-0.1, -0.05) is 23.7 Å². The molecule has 0 saturated carbocycles. The number of hydrogen-bond donors (Lipinski definition) is 1. The van der Waals surface area contributed by atoms with Crippen molar-refractivity contribution in [3.63, 3.8) is 0 Å². The highest BCUT2D eigenvalue weighted by Crippen LogP contribution is 2.31. The van der Waals surface area contributed by atoms with Gasteiger partial charge in [-0.15, -0.1) is 11.3 Å². The zero-order valence-corrected chi connectivity index (χ0v) is 13.7. The Morgan fingerprint density at radius 3 is 2.50 bits per heavy atom. The number of anilines is 1. The molecule has 0 unspecified atom stereocenters. The van der Waals surface area contributed by atoms with Gasteiger partial charge < -0.3 is 10.6 Å². The van der Waals surface area contributed by atoms with Crippen molar-refractivity contribution in [3.8, 4) is 0 Å². The van der Waals surface area contributed by atoms with Crippen LogP contribution in [-0.2, 0) is 6.54 Å². The van der Waals surface area contributed by atoms with Gasteiger partial charge in [-0.05, 0) is 49.9 Å². The van der Waals surface area contributed by atoms with E-state index in [1.807, 2.05) is 13.0 Å². The summed E-state index contributed by atoms with van der Waals surface area (Å²) in [4.78, 5) is 3.66. The molecule has 1 aromatic heterocycles. The Morgan fingerprint density at radius 1 is 1.25 bits per heavy atom. The number of rotatable bonds is 5. The second-order valence-corrected chi connectivity index (χ2v) is 6.74. The van der Waals surface area contributed by atoms with Crippen LogP contribution in [0.2, 0.25) is 5.02 Å². The highest BCUT2D eigenvalue weighted by Gasteiger charge is 2.15. The van der Waals surface area contributed by atoms with E-state index in [2.05, 4.69) is 48.4 Å². The lowest BCUT2D eigenvalue weighted by Gasteiger charge is -2.30. The minimum atomic E-state index is 0.00588. The van der Waals surface area contributed by atoms with Crippen molar-refractivity contribution in [2.75, 3.05) is 4.90 Å². The van der Waals surface area contributed by atoms with Crippen LogP contribution in [0.15, 0.2) is 35.7 Å². The Balaban J connectivity index is 2.30. The highest BCUT2D eigenvalue weighted by atomic mass is 35.5. The Labute approximate surface area is 130 Å². The van der Waals surface area contributed by atoms with Gasteiger partial charge in [-0.25, -0.2) is 0 Å². The van der Waals surface area contributed by atoms with E-state index in [1.165, 1.54) is 4.88 Å². The fourth-order valence-corrected chi connectivity index (χ4v) is 3.16. The lowest BCUT2D eigenvalue weighted by atomic mass is 10.1. The zero-order valence-electron chi connectivity index (χ0n) is 12.1. The molecule has 1 aromatic carbocycles. The lowest BCUT2D eigenvalue weighted by Crippen LogP contribution is -2.30. The normalized spacial score (nSPS) is 12.7. The van der Waals surface area contributed by atoms with Crippen LogP contribution in [0, 0.1) is 0 Å². The van der Waals surface area contributed by atoms with E-state index >= 15 is 0 Å². The topological polar surface area (TPSA) is 29.3 Å². The minimum absolute atomic E-state index is 0.00588. The van der Waals surface area contributed by atoms with Crippen LogP contribution >= 0.6 is 22.9 Å². The van der Waals surface area contributed by atoms with E-state index in [-0.39, 0.29) is 6.04 Å². The molecule has 0 aliphatic carbocycles. The molecule has 1 heterocycles. The maximum absolute atomic E-state index is 6.46. The Hall–Kier alpha value is -1.03. The standard InChI is InChI=1S/C16H21ClN2S/c1-11(2)19(10-14-5-4-8-20-14)16-7-6-13(12(3)18)9-15(16)17/h4-9,11-12H,10,18H2,1-3H3/t12-/m0/s1. The van der Waals surface area contributed by atoms with Gasteiger partial charge in [-0.3, -0.25) is 0 Å². The van der Waals surface area contributed by atoms with E-state index in [4.69, 9.17) is 17.3 Å². The van der Waals surface area contributed by atoms with Gasteiger partial charge >= 0.3 is 0 Å². The van der Waals surface area contributed by atoms with E-state index < -0.39 is 0 Å². The van der Waals surface area contributed by atoms with Gasteiger partial charge in [0.15, 0.2) is 0 Å². The van der Waals surface area contributed by atoms with Crippen LogP contribution in [-0.4, -0.2) is 6.04 Å². The van der Waals surface area contributed by atoms with Crippen molar-refractivity contribution in [1.29, 1.82) is 0 Å². The Bertz CT molecular complexity index is 550. The first kappa shape index (κ1) is 15.4. The summed E-state index contributed by atoms with van der Waals surface area (Å²) in [7, 11) is 0. The van der Waals surface area contributed by atoms with Crippen molar-refractivity contribution in [3.05, 3.63) is 51.2 Å². The molecule has 108 valence electrons. The average Bonchev–Trinajstić information content (AvgIpc) is 2.89. The number of halogens is 1. The molecule has 2 nitrogen and oxygen atoms in total. The molecule has 0 radical (unpaired) electrons. The summed E-state index contributed by atoms with van der Waals surface area (Å²) in [5.74, 6) is 0. The van der Waals surface area contributed by atoms with Crippen LogP contribution in [0.4, 0.5) is 5.69 Å². The van der Waals surface area contributed by atoms with Crippen LogP contribution in [0.5, 0.6) is 0 Å². The molecule has 20 heavy (non-hydrogen) atoms. The van der Waals surface area contributed by atoms with E-state index in [1.54, 1.807) is 11.3 Å². The third-order valence-electron chi connectivity index (χ3n) is 3.34. The molecule has 0 aliphatic rings. The maximum atomic E-state index is 6.46. The van der Waals surface area contributed by atoms with Crippen molar-refractivity contribution in [2.24, 2.45) is 5.73 Å². The molecule has 2 rings (SSSR count). The predicted octanol–water partition coefficient (Wildman–Crippen LogP) is 4.84. The minimum Gasteiger partial charge on any atom is -0.363 e. The Morgan fingerprint density at radius 2 is 2.00 bits per heavy atom. The molecular weight excluding hydrogens is 288 g/mol. The van der Waals surface area contributed by atoms with Crippen LogP contribution < -0.4 is 10.6 Å². The van der Waals surface area contributed by atoms with Gasteiger partial charge in [0.2, 0.25) is 0 Å². The number of nitrogens with zero attached hydrogens (tertiary/aromatic N) is 1. The van der Waals surface area contributed by atoms with Crippen molar-refractivity contribution < 1.29 is 0 Å². The predicted molar refractivity (Wildman–Crippen MR) is 89.7 cm³/mol. The first-order valence-corrected chi connectivity index (χ1v) is 8.09. The molecule has 0 fully saturated rings. The van der Waals surface area contributed by atoms with E-state index in [0.717, 1.165) is 22.8 Å². The van der Waals surface area contributed by atoms with Crippen molar-refractivity contribution in [1.82, 2.24) is 0 Å². The SMILES string of the molecule is CC(C)N(Cc1cccs1)c1ccc([C@H](C)N)cc1Cl. The van der Waals surface area contributed by atoms with Crippen molar-refractivity contribution in [2.45, 2.75) is 39.4 Å².